The quantitative estimate of drug-likeness (QED) is 0.817. The molecule has 7 nitrogen and oxygen atoms in total. The first-order valence-electron chi connectivity index (χ1n) is 8.09. The number of hydrogen-bond acceptors (Lipinski definition) is 6. The van der Waals surface area contributed by atoms with Crippen molar-refractivity contribution in [1.82, 2.24) is 14.9 Å². The number of hydrogen-bond donors (Lipinski definition) is 0. The van der Waals surface area contributed by atoms with Crippen LogP contribution in [0.15, 0.2) is 48.8 Å². The Labute approximate surface area is 146 Å². The summed E-state index contributed by atoms with van der Waals surface area (Å²) in [7, 11) is 1.60. The van der Waals surface area contributed by atoms with Gasteiger partial charge in [0.2, 0.25) is 5.82 Å². The third kappa shape index (κ3) is 4.32. The lowest BCUT2D eigenvalue weighted by Gasteiger charge is -2.33. The number of amides is 1. The van der Waals surface area contributed by atoms with E-state index in [9.17, 15) is 4.79 Å². The molecule has 7 heteroatoms. The van der Waals surface area contributed by atoms with E-state index in [2.05, 4.69) is 9.97 Å². The highest BCUT2D eigenvalue weighted by Gasteiger charge is 2.38. The summed E-state index contributed by atoms with van der Waals surface area (Å²) in [5.74, 6) is 0.665. The zero-order chi connectivity index (χ0) is 17.5. The average Bonchev–Trinajstić information content (AvgIpc) is 2.91. The molecule has 1 aromatic heterocycles. The van der Waals surface area contributed by atoms with Gasteiger partial charge in [0.15, 0.2) is 0 Å². The molecule has 0 radical (unpaired) electrons. The first-order valence-corrected chi connectivity index (χ1v) is 8.09. The molecule has 1 aromatic carbocycles. The molecule has 25 heavy (non-hydrogen) atoms. The van der Waals surface area contributed by atoms with Gasteiger partial charge >= 0.3 is 0 Å². The molecule has 0 saturated carbocycles. The summed E-state index contributed by atoms with van der Waals surface area (Å²) in [6.45, 7) is 1.83. The maximum absolute atomic E-state index is 12.7. The van der Waals surface area contributed by atoms with E-state index in [0.717, 1.165) is 5.75 Å². The van der Waals surface area contributed by atoms with Crippen molar-refractivity contribution in [2.45, 2.75) is 5.60 Å². The highest BCUT2D eigenvalue weighted by Crippen LogP contribution is 2.20. The fraction of sp³-hybridized carbons (Fsp3) is 0.389. The number of benzene rings is 1. The van der Waals surface area contributed by atoms with Crippen LogP contribution in [-0.2, 0) is 9.47 Å². The smallest absolute Gasteiger partial charge is 0.291 e. The lowest BCUT2D eigenvalue weighted by atomic mass is 10.1. The van der Waals surface area contributed by atoms with Gasteiger partial charge in [-0.05, 0) is 18.2 Å². The SMILES string of the molecule is COC1(COc2ccccc2)COCCN(C(=O)c2ncccn2)C1. The maximum atomic E-state index is 12.7. The second kappa shape index (κ2) is 8.04. The number of ether oxygens (including phenoxy) is 3. The van der Waals surface area contributed by atoms with Gasteiger partial charge in [-0.3, -0.25) is 4.79 Å². The Morgan fingerprint density at radius 2 is 2.00 bits per heavy atom. The average molecular weight is 343 g/mol. The molecule has 1 aliphatic rings. The Balaban J connectivity index is 1.73. The minimum Gasteiger partial charge on any atom is -0.490 e. The van der Waals surface area contributed by atoms with Gasteiger partial charge in [-0.25, -0.2) is 9.97 Å². The fourth-order valence-corrected chi connectivity index (χ4v) is 2.63. The predicted molar refractivity (Wildman–Crippen MR) is 90.4 cm³/mol. The minimum absolute atomic E-state index is 0.165. The van der Waals surface area contributed by atoms with Crippen LogP contribution in [0.3, 0.4) is 0 Å². The van der Waals surface area contributed by atoms with Crippen molar-refractivity contribution in [2.75, 3.05) is 40.0 Å². The Hall–Kier alpha value is -2.51. The number of para-hydroxylation sites is 1. The number of rotatable bonds is 5. The van der Waals surface area contributed by atoms with Crippen molar-refractivity contribution in [3.8, 4) is 5.75 Å². The minimum atomic E-state index is -0.753. The lowest BCUT2D eigenvalue weighted by molar-refractivity contribution is -0.0899. The van der Waals surface area contributed by atoms with E-state index in [1.807, 2.05) is 30.3 Å². The van der Waals surface area contributed by atoms with Crippen LogP contribution in [-0.4, -0.2) is 66.4 Å². The summed E-state index contributed by atoms with van der Waals surface area (Å²) in [5, 5.41) is 0. The highest BCUT2D eigenvalue weighted by atomic mass is 16.6. The predicted octanol–water partition coefficient (Wildman–Crippen LogP) is 1.41. The van der Waals surface area contributed by atoms with E-state index in [4.69, 9.17) is 14.2 Å². The Morgan fingerprint density at radius 3 is 2.72 bits per heavy atom. The van der Waals surface area contributed by atoms with Crippen LogP contribution >= 0.6 is 0 Å². The van der Waals surface area contributed by atoms with Gasteiger partial charge in [-0.1, -0.05) is 18.2 Å². The molecule has 1 aliphatic heterocycles. The lowest BCUT2D eigenvalue weighted by Crippen LogP contribution is -2.52. The van der Waals surface area contributed by atoms with E-state index in [0.29, 0.717) is 26.3 Å². The van der Waals surface area contributed by atoms with Crippen molar-refractivity contribution < 1.29 is 19.0 Å². The number of carbonyl (C=O) groups excluding carboxylic acids is 1. The first kappa shape index (κ1) is 17.3. The summed E-state index contributed by atoms with van der Waals surface area (Å²) in [6, 6.07) is 11.2. The van der Waals surface area contributed by atoms with Gasteiger partial charge in [-0.2, -0.15) is 0 Å². The second-order valence-electron chi connectivity index (χ2n) is 5.84. The van der Waals surface area contributed by atoms with Gasteiger partial charge in [0, 0.05) is 26.0 Å². The van der Waals surface area contributed by atoms with Crippen LogP contribution in [0, 0.1) is 0 Å². The molecule has 0 spiro atoms. The molecule has 1 fully saturated rings. The van der Waals surface area contributed by atoms with Crippen molar-refractivity contribution in [1.29, 1.82) is 0 Å². The zero-order valence-corrected chi connectivity index (χ0v) is 14.1. The van der Waals surface area contributed by atoms with Crippen molar-refractivity contribution in [3.63, 3.8) is 0 Å². The maximum Gasteiger partial charge on any atom is 0.291 e. The van der Waals surface area contributed by atoms with Crippen LogP contribution in [0.4, 0.5) is 0 Å². The molecule has 0 N–H and O–H groups in total. The summed E-state index contributed by atoms with van der Waals surface area (Å²) >= 11 is 0. The van der Waals surface area contributed by atoms with E-state index in [1.165, 1.54) is 0 Å². The normalized spacial score (nSPS) is 20.8. The fourth-order valence-electron chi connectivity index (χ4n) is 2.63. The van der Waals surface area contributed by atoms with Crippen LogP contribution in [0.2, 0.25) is 0 Å². The largest absolute Gasteiger partial charge is 0.490 e. The molecule has 1 atom stereocenters. The van der Waals surface area contributed by atoms with E-state index >= 15 is 0 Å². The van der Waals surface area contributed by atoms with E-state index < -0.39 is 5.60 Å². The monoisotopic (exact) mass is 343 g/mol. The van der Waals surface area contributed by atoms with Crippen molar-refractivity contribution in [2.24, 2.45) is 0 Å². The molecule has 132 valence electrons. The highest BCUT2D eigenvalue weighted by molar-refractivity contribution is 5.90. The molecular formula is C18H21N3O4. The van der Waals surface area contributed by atoms with E-state index in [1.54, 1.807) is 30.5 Å². The summed E-state index contributed by atoms with van der Waals surface area (Å²) in [6.07, 6.45) is 3.10. The van der Waals surface area contributed by atoms with Gasteiger partial charge in [0.05, 0.1) is 19.8 Å². The topological polar surface area (TPSA) is 73.8 Å². The van der Waals surface area contributed by atoms with Crippen molar-refractivity contribution >= 4 is 5.91 Å². The standard InChI is InChI=1S/C18H21N3O4/c1-23-18(14-25-15-6-3-2-4-7-15)12-21(10-11-24-13-18)17(22)16-19-8-5-9-20-16/h2-9H,10-14H2,1H3. The number of carbonyl (C=O) groups is 1. The third-order valence-electron chi connectivity index (χ3n) is 4.07. The summed E-state index contributed by atoms with van der Waals surface area (Å²) in [4.78, 5) is 22.4. The van der Waals surface area contributed by atoms with Crippen LogP contribution in [0.25, 0.3) is 0 Å². The van der Waals surface area contributed by atoms with Crippen LogP contribution in [0.5, 0.6) is 5.75 Å². The van der Waals surface area contributed by atoms with Crippen molar-refractivity contribution in [3.05, 3.63) is 54.6 Å². The Kier molecular flexibility index (Phi) is 5.57. The molecule has 2 aromatic rings. The van der Waals surface area contributed by atoms with Crippen LogP contribution < -0.4 is 4.74 Å². The molecule has 3 rings (SSSR count). The zero-order valence-electron chi connectivity index (χ0n) is 14.1. The van der Waals surface area contributed by atoms with Gasteiger partial charge < -0.3 is 19.1 Å². The number of nitrogens with zero attached hydrogens (tertiary/aromatic N) is 3. The summed E-state index contributed by atoms with van der Waals surface area (Å²) in [5.41, 5.74) is -0.753. The second-order valence-corrected chi connectivity index (χ2v) is 5.84. The van der Waals surface area contributed by atoms with Crippen LogP contribution in [0.1, 0.15) is 10.6 Å². The summed E-state index contributed by atoms with van der Waals surface area (Å²) < 4.78 is 17.2. The molecule has 1 saturated heterocycles. The molecule has 0 aliphatic carbocycles. The molecule has 1 unspecified atom stereocenters. The first-order chi connectivity index (χ1) is 12.2. The Bertz CT molecular complexity index is 683. The van der Waals surface area contributed by atoms with Gasteiger partial charge in [0.25, 0.3) is 5.91 Å². The number of methoxy groups -OCH3 is 1. The molecule has 2 heterocycles. The van der Waals surface area contributed by atoms with Gasteiger partial charge in [0.1, 0.15) is 18.0 Å². The molecular weight excluding hydrogens is 322 g/mol. The Morgan fingerprint density at radius 1 is 1.24 bits per heavy atom. The molecule has 1 amide bonds. The van der Waals surface area contributed by atoms with Gasteiger partial charge in [-0.15, -0.1) is 0 Å². The third-order valence-corrected chi connectivity index (χ3v) is 4.07. The number of aromatic nitrogens is 2. The van der Waals surface area contributed by atoms with E-state index in [-0.39, 0.29) is 18.3 Å². The molecule has 0 bridgehead atoms.